The second kappa shape index (κ2) is 1.96. The summed E-state index contributed by atoms with van der Waals surface area (Å²) in [4.78, 5) is 22.7. The molecule has 2 heterocycles. The summed E-state index contributed by atoms with van der Waals surface area (Å²) in [5, 5.41) is 10.4. The van der Waals surface area contributed by atoms with Crippen molar-refractivity contribution >= 4 is 11.9 Å². The predicted molar refractivity (Wildman–Crippen MR) is 33.3 cm³/mol. The van der Waals surface area contributed by atoms with Crippen molar-refractivity contribution in [3.8, 4) is 0 Å². The molecular weight excluding hydrogens is 146 g/mol. The van der Waals surface area contributed by atoms with Crippen LogP contribution in [0.2, 0.25) is 0 Å². The van der Waals surface area contributed by atoms with Crippen LogP contribution >= 0.6 is 0 Å². The van der Waals surface area contributed by atoms with Crippen LogP contribution in [0.3, 0.4) is 0 Å². The number of carbonyl (C=O) groups excluding carboxylic acids is 2. The van der Waals surface area contributed by atoms with Gasteiger partial charge in [0.15, 0.2) is 0 Å². The van der Waals surface area contributed by atoms with Crippen molar-refractivity contribution in [2.45, 2.75) is 31.3 Å². The predicted octanol–water partition coefficient (Wildman–Crippen LogP) is -1.50. The maximum atomic E-state index is 10.9. The number of aliphatic carboxylic acids is 1. The minimum absolute atomic E-state index is 0.0401. The molecule has 0 aliphatic carbocycles. The van der Waals surface area contributed by atoms with Crippen LogP contribution in [0, 0.1) is 0 Å². The van der Waals surface area contributed by atoms with Crippen molar-refractivity contribution in [2.24, 2.45) is 0 Å². The average molecular weight is 154 g/mol. The smallest absolute Gasteiger partial charge is 0.225 e. The molecule has 2 unspecified atom stereocenters. The Morgan fingerprint density at radius 2 is 2.27 bits per heavy atom. The highest BCUT2D eigenvalue weighted by Crippen LogP contribution is 2.34. The summed E-state index contributed by atoms with van der Waals surface area (Å²) in [6, 6.07) is -0.438. The van der Waals surface area contributed by atoms with E-state index in [2.05, 4.69) is 0 Å². The standard InChI is InChI=1S/C7H9NO3/c9-6-3-4-1-2-5(7(10)11)8(4)6/h4-5H,1-3H2,(H,10,11)/p-1. The van der Waals surface area contributed by atoms with Gasteiger partial charge in [-0.3, -0.25) is 4.79 Å². The molecule has 2 aliphatic heterocycles. The van der Waals surface area contributed by atoms with E-state index in [1.165, 1.54) is 4.90 Å². The summed E-state index contributed by atoms with van der Waals surface area (Å²) in [7, 11) is 0. The van der Waals surface area contributed by atoms with E-state index in [9.17, 15) is 14.7 Å². The molecule has 60 valence electrons. The van der Waals surface area contributed by atoms with E-state index >= 15 is 0 Å². The zero-order valence-corrected chi connectivity index (χ0v) is 5.95. The monoisotopic (exact) mass is 154 g/mol. The molecule has 0 spiro atoms. The SMILES string of the molecule is O=C([O-])C1CCC2CC(=O)N21. The number of carboxylic acid groups (broad SMARTS) is 1. The van der Waals surface area contributed by atoms with Gasteiger partial charge in [0.25, 0.3) is 0 Å². The topological polar surface area (TPSA) is 60.4 Å². The number of hydrogen-bond acceptors (Lipinski definition) is 3. The number of β-lactam (4-membered cyclic amide) rings is 1. The fraction of sp³-hybridized carbons (Fsp3) is 0.714. The molecule has 0 aromatic heterocycles. The first kappa shape index (κ1) is 6.64. The first-order chi connectivity index (χ1) is 5.20. The Morgan fingerprint density at radius 3 is 2.73 bits per heavy atom. The number of amides is 1. The van der Waals surface area contributed by atoms with Crippen LogP contribution in [-0.4, -0.2) is 28.9 Å². The van der Waals surface area contributed by atoms with Crippen LogP contribution in [0.5, 0.6) is 0 Å². The molecule has 2 aliphatic rings. The third-order valence-corrected chi connectivity index (χ3v) is 2.47. The largest absolute Gasteiger partial charge is 0.548 e. The molecule has 2 rings (SSSR count). The average Bonchev–Trinajstić information content (AvgIpc) is 2.25. The molecule has 0 saturated carbocycles. The van der Waals surface area contributed by atoms with Crippen molar-refractivity contribution in [3.63, 3.8) is 0 Å². The number of carbonyl (C=O) groups is 2. The normalized spacial score (nSPS) is 34.9. The number of carboxylic acids is 1. The van der Waals surface area contributed by atoms with Gasteiger partial charge in [-0.05, 0) is 12.8 Å². The summed E-state index contributed by atoms with van der Waals surface area (Å²) in [6.45, 7) is 0. The van der Waals surface area contributed by atoms with Gasteiger partial charge in [0, 0.05) is 12.5 Å². The van der Waals surface area contributed by atoms with Crippen LogP contribution in [0.1, 0.15) is 19.3 Å². The van der Waals surface area contributed by atoms with Crippen LogP contribution in [0.25, 0.3) is 0 Å². The quantitative estimate of drug-likeness (QED) is 0.432. The molecule has 0 aromatic rings. The van der Waals surface area contributed by atoms with Gasteiger partial charge in [-0.2, -0.15) is 0 Å². The van der Waals surface area contributed by atoms with Crippen molar-refractivity contribution in [3.05, 3.63) is 0 Å². The highest BCUT2D eigenvalue weighted by atomic mass is 16.4. The third-order valence-electron chi connectivity index (χ3n) is 2.47. The fourth-order valence-electron chi connectivity index (χ4n) is 1.89. The van der Waals surface area contributed by atoms with E-state index in [0.29, 0.717) is 12.8 Å². The van der Waals surface area contributed by atoms with Gasteiger partial charge < -0.3 is 14.8 Å². The van der Waals surface area contributed by atoms with Gasteiger partial charge in [0.2, 0.25) is 5.91 Å². The van der Waals surface area contributed by atoms with Gasteiger partial charge in [-0.25, -0.2) is 0 Å². The molecule has 4 heteroatoms. The zero-order chi connectivity index (χ0) is 8.01. The van der Waals surface area contributed by atoms with Gasteiger partial charge in [0.1, 0.15) is 0 Å². The molecule has 2 fully saturated rings. The van der Waals surface area contributed by atoms with E-state index in [1.54, 1.807) is 0 Å². The molecule has 1 amide bonds. The lowest BCUT2D eigenvalue weighted by Gasteiger charge is -2.38. The third kappa shape index (κ3) is 0.751. The lowest BCUT2D eigenvalue weighted by Crippen LogP contribution is -2.57. The first-order valence-corrected chi connectivity index (χ1v) is 3.72. The molecule has 0 bridgehead atoms. The van der Waals surface area contributed by atoms with Crippen molar-refractivity contribution in [2.75, 3.05) is 0 Å². The van der Waals surface area contributed by atoms with Gasteiger partial charge in [0.05, 0.1) is 12.0 Å². The lowest BCUT2D eigenvalue weighted by molar-refractivity contribution is -0.311. The van der Waals surface area contributed by atoms with E-state index in [1.807, 2.05) is 0 Å². The number of nitrogens with zero attached hydrogens (tertiary/aromatic N) is 1. The summed E-state index contributed by atoms with van der Waals surface area (Å²) >= 11 is 0. The minimum atomic E-state index is -1.11. The van der Waals surface area contributed by atoms with Gasteiger partial charge >= 0.3 is 0 Å². The van der Waals surface area contributed by atoms with E-state index < -0.39 is 12.0 Å². The summed E-state index contributed by atoms with van der Waals surface area (Å²) in [5.41, 5.74) is 0. The van der Waals surface area contributed by atoms with Crippen molar-refractivity contribution < 1.29 is 14.7 Å². The van der Waals surface area contributed by atoms with Crippen LogP contribution in [-0.2, 0) is 9.59 Å². The highest BCUT2D eigenvalue weighted by Gasteiger charge is 2.45. The maximum Gasteiger partial charge on any atom is 0.225 e. The van der Waals surface area contributed by atoms with Gasteiger partial charge in [-0.1, -0.05) is 0 Å². The second-order valence-corrected chi connectivity index (χ2v) is 3.07. The second-order valence-electron chi connectivity index (χ2n) is 3.07. The highest BCUT2D eigenvalue weighted by molar-refractivity contribution is 5.89. The Balaban J connectivity index is 2.14. The molecule has 0 radical (unpaired) electrons. The Bertz CT molecular complexity index is 218. The number of hydrogen-bond donors (Lipinski definition) is 0. The van der Waals surface area contributed by atoms with Crippen molar-refractivity contribution in [1.29, 1.82) is 0 Å². The Morgan fingerprint density at radius 1 is 1.55 bits per heavy atom. The lowest BCUT2D eigenvalue weighted by atomic mass is 10.0. The minimum Gasteiger partial charge on any atom is -0.548 e. The van der Waals surface area contributed by atoms with E-state index in [4.69, 9.17) is 0 Å². The molecule has 4 nitrogen and oxygen atoms in total. The number of fused-ring (bicyclic) bond motifs is 1. The summed E-state index contributed by atoms with van der Waals surface area (Å²) in [6.07, 6.45) is 1.92. The van der Waals surface area contributed by atoms with E-state index in [-0.39, 0.29) is 11.9 Å². The fourth-order valence-corrected chi connectivity index (χ4v) is 1.89. The Kier molecular flexibility index (Phi) is 1.19. The van der Waals surface area contributed by atoms with Crippen molar-refractivity contribution in [1.82, 2.24) is 4.90 Å². The Labute approximate surface area is 63.8 Å². The molecular formula is C7H8NO3-. The first-order valence-electron chi connectivity index (χ1n) is 3.72. The summed E-state index contributed by atoms with van der Waals surface area (Å²) < 4.78 is 0. The zero-order valence-electron chi connectivity index (χ0n) is 5.95. The van der Waals surface area contributed by atoms with Gasteiger partial charge in [-0.15, -0.1) is 0 Å². The molecule has 0 aromatic carbocycles. The molecule has 2 atom stereocenters. The Hall–Kier alpha value is -1.06. The van der Waals surface area contributed by atoms with Crippen LogP contribution < -0.4 is 5.11 Å². The van der Waals surface area contributed by atoms with Crippen LogP contribution in [0.15, 0.2) is 0 Å². The molecule has 11 heavy (non-hydrogen) atoms. The van der Waals surface area contributed by atoms with Crippen LogP contribution in [0.4, 0.5) is 0 Å². The number of rotatable bonds is 1. The molecule has 0 N–H and O–H groups in total. The van der Waals surface area contributed by atoms with E-state index in [0.717, 1.165) is 6.42 Å². The summed E-state index contributed by atoms with van der Waals surface area (Å²) in [5.74, 6) is -1.15. The maximum absolute atomic E-state index is 10.9. The molecule has 2 saturated heterocycles.